The number of nitrogens with one attached hydrogen (secondary N) is 2. The molecule has 3 nitrogen and oxygen atoms in total. The van der Waals surface area contributed by atoms with Gasteiger partial charge in [-0.2, -0.15) is 0 Å². The Kier molecular flexibility index (Phi) is 4.07. The molecule has 0 saturated carbocycles. The van der Waals surface area contributed by atoms with E-state index in [2.05, 4.69) is 26.1 Å². The lowest BCUT2D eigenvalue weighted by molar-refractivity contribution is 0.429. The van der Waals surface area contributed by atoms with Crippen molar-refractivity contribution in [1.82, 2.24) is 5.32 Å². The Morgan fingerprint density at radius 2 is 2.06 bits per heavy atom. The van der Waals surface area contributed by atoms with Gasteiger partial charge in [-0.3, -0.25) is 0 Å². The van der Waals surface area contributed by atoms with Crippen LogP contribution in [0.25, 0.3) is 0 Å². The van der Waals surface area contributed by atoms with Gasteiger partial charge in [0.2, 0.25) is 0 Å². The third-order valence-electron chi connectivity index (χ3n) is 2.44. The number of nitrogen functional groups attached to an aromatic ring is 1. The number of hydrogen-bond donors (Lipinski definition) is 3. The second-order valence-electron chi connectivity index (χ2n) is 4.99. The Hall–Kier alpha value is -1.35. The molecule has 1 aromatic carbocycles. The van der Waals surface area contributed by atoms with Crippen molar-refractivity contribution in [1.29, 1.82) is 5.41 Å². The molecule has 0 aliphatic carbocycles. The number of benzene rings is 1. The van der Waals surface area contributed by atoms with E-state index in [1.165, 1.54) is 6.21 Å². The lowest BCUT2D eigenvalue weighted by Crippen LogP contribution is -2.37. The van der Waals surface area contributed by atoms with Crippen molar-refractivity contribution in [3.63, 3.8) is 0 Å². The predicted octanol–water partition coefficient (Wildman–Crippen LogP) is 2.20. The molecule has 0 heterocycles. The summed E-state index contributed by atoms with van der Waals surface area (Å²) in [5, 5.41) is 10.7. The molecule has 0 spiro atoms. The van der Waals surface area contributed by atoms with Crippen LogP contribution in [0, 0.1) is 5.41 Å². The second-order valence-corrected chi connectivity index (χ2v) is 4.99. The van der Waals surface area contributed by atoms with Crippen molar-refractivity contribution < 1.29 is 0 Å². The maximum Gasteiger partial charge on any atom is 0.0436 e. The molecule has 1 aromatic rings. The molecule has 16 heavy (non-hydrogen) atoms. The first-order chi connectivity index (χ1) is 7.44. The van der Waals surface area contributed by atoms with Crippen LogP contribution in [0.5, 0.6) is 0 Å². The predicted molar refractivity (Wildman–Crippen MR) is 70.2 cm³/mol. The SMILES string of the molecule is CC(C)(C)NCCc1cccc(C=N)c1N. The molecule has 0 aliphatic heterocycles. The van der Waals surface area contributed by atoms with Crippen LogP contribution in [0.2, 0.25) is 0 Å². The standard InChI is InChI=1S/C13H21N3/c1-13(2,3)16-8-7-10-5-4-6-11(9-14)12(10)15/h4-6,9,14,16H,7-8,15H2,1-3H3. The van der Waals surface area contributed by atoms with Gasteiger partial charge in [-0.15, -0.1) is 0 Å². The largest absolute Gasteiger partial charge is 0.398 e. The fourth-order valence-electron chi connectivity index (χ4n) is 1.55. The van der Waals surface area contributed by atoms with Crippen LogP contribution < -0.4 is 11.1 Å². The summed E-state index contributed by atoms with van der Waals surface area (Å²) in [4.78, 5) is 0. The first kappa shape index (κ1) is 12.7. The molecule has 0 amide bonds. The summed E-state index contributed by atoms with van der Waals surface area (Å²) in [6.45, 7) is 7.33. The van der Waals surface area contributed by atoms with Gasteiger partial charge in [0, 0.05) is 23.0 Å². The van der Waals surface area contributed by atoms with Crippen LogP contribution in [0.1, 0.15) is 31.9 Å². The third kappa shape index (κ3) is 3.66. The summed E-state index contributed by atoms with van der Waals surface area (Å²) in [6, 6.07) is 5.83. The minimum Gasteiger partial charge on any atom is -0.398 e. The average molecular weight is 219 g/mol. The second kappa shape index (κ2) is 5.12. The molecule has 88 valence electrons. The van der Waals surface area contributed by atoms with Gasteiger partial charge in [0.15, 0.2) is 0 Å². The molecule has 3 heteroatoms. The van der Waals surface area contributed by atoms with Gasteiger partial charge in [-0.1, -0.05) is 18.2 Å². The first-order valence-corrected chi connectivity index (χ1v) is 5.57. The van der Waals surface area contributed by atoms with Gasteiger partial charge >= 0.3 is 0 Å². The number of rotatable bonds is 4. The summed E-state index contributed by atoms with van der Waals surface area (Å²) in [6.07, 6.45) is 2.20. The van der Waals surface area contributed by atoms with Crippen LogP contribution in [0.15, 0.2) is 18.2 Å². The molecule has 0 radical (unpaired) electrons. The fraction of sp³-hybridized carbons (Fsp3) is 0.462. The van der Waals surface area contributed by atoms with Gasteiger partial charge in [0.1, 0.15) is 0 Å². The zero-order valence-electron chi connectivity index (χ0n) is 10.3. The van der Waals surface area contributed by atoms with Crippen LogP contribution in [-0.2, 0) is 6.42 Å². The summed E-state index contributed by atoms with van der Waals surface area (Å²) in [7, 11) is 0. The lowest BCUT2D eigenvalue weighted by Gasteiger charge is -2.20. The third-order valence-corrected chi connectivity index (χ3v) is 2.44. The van der Waals surface area contributed by atoms with Crippen molar-refractivity contribution in [3.05, 3.63) is 29.3 Å². The maximum absolute atomic E-state index is 7.24. The van der Waals surface area contributed by atoms with Crippen LogP contribution in [0.4, 0.5) is 5.69 Å². The number of anilines is 1. The van der Waals surface area contributed by atoms with E-state index in [-0.39, 0.29) is 5.54 Å². The normalized spacial score (nSPS) is 11.4. The first-order valence-electron chi connectivity index (χ1n) is 5.57. The Bertz CT molecular complexity index is 364. The van der Waals surface area contributed by atoms with Gasteiger partial charge in [-0.25, -0.2) is 0 Å². The molecule has 1 rings (SSSR count). The van der Waals surface area contributed by atoms with Gasteiger partial charge < -0.3 is 16.5 Å². The molecule has 0 aliphatic rings. The topological polar surface area (TPSA) is 61.9 Å². The van der Waals surface area contributed by atoms with Gasteiger partial charge in [0.25, 0.3) is 0 Å². The Labute approximate surface area is 97.6 Å². The van der Waals surface area contributed by atoms with E-state index in [0.717, 1.165) is 29.8 Å². The zero-order valence-corrected chi connectivity index (χ0v) is 10.3. The van der Waals surface area contributed by atoms with Crippen molar-refractivity contribution in [2.24, 2.45) is 0 Å². The summed E-state index contributed by atoms with van der Waals surface area (Å²) >= 11 is 0. The number of hydrogen-bond acceptors (Lipinski definition) is 3. The summed E-state index contributed by atoms with van der Waals surface area (Å²) in [5.74, 6) is 0. The Balaban J connectivity index is 2.64. The fourth-order valence-corrected chi connectivity index (χ4v) is 1.55. The van der Waals surface area contributed by atoms with Crippen molar-refractivity contribution in [2.45, 2.75) is 32.7 Å². The van der Waals surface area contributed by atoms with Crippen LogP contribution in [0.3, 0.4) is 0 Å². The number of para-hydroxylation sites is 1. The van der Waals surface area contributed by atoms with E-state index < -0.39 is 0 Å². The minimum atomic E-state index is 0.133. The van der Waals surface area contributed by atoms with Crippen LogP contribution in [-0.4, -0.2) is 18.3 Å². The molecular weight excluding hydrogens is 198 g/mol. The lowest BCUT2D eigenvalue weighted by atomic mass is 10.0. The molecular formula is C13H21N3. The maximum atomic E-state index is 7.24. The zero-order chi connectivity index (χ0) is 12.2. The van der Waals surface area contributed by atoms with E-state index in [1.54, 1.807) is 0 Å². The molecule has 0 bridgehead atoms. The quantitative estimate of drug-likeness (QED) is 0.537. The Morgan fingerprint density at radius 1 is 1.38 bits per heavy atom. The average Bonchev–Trinajstić information content (AvgIpc) is 2.19. The van der Waals surface area contributed by atoms with Gasteiger partial charge in [-0.05, 0) is 39.3 Å². The van der Waals surface area contributed by atoms with Crippen molar-refractivity contribution in [2.75, 3.05) is 12.3 Å². The molecule has 0 unspecified atom stereocenters. The highest BCUT2D eigenvalue weighted by Gasteiger charge is 2.09. The van der Waals surface area contributed by atoms with E-state index in [0.29, 0.717) is 0 Å². The van der Waals surface area contributed by atoms with Crippen molar-refractivity contribution >= 4 is 11.9 Å². The van der Waals surface area contributed by atoms with Crippen LogP contribution >= 0.6 is 0 Å². The highest BCUT2D eigenvalue weighted by molar-refractivity contribution is 5.85. The Morgan fingerprint density at radius 3 is 2.62 bits per heavy atom. The molecule has 4 N–H and O–H groups in total. The monoisotopic (exact) mass is 219 g/mol. The highest BCUT2D eigenvalue weighted by Crippen LogP contribution is 2.16. The summed E-state index contributed by atoms with van der Waals surface area (Å²) in [5.41, 5.74) is 8.74. The molecule has 0 saturated heterocycles. The van der Waals surface area contributed by atoms with E-state index >= 15 is 0 Å². The highest BCUT2D eigenvalue weighted by atomic mass is 14.9. The smallest absolute Gasteiger partial charge is 0.0436 e. The van der Waals surface area contributed by atoms with Gasteiger partial charge in [0.05, 0.1) is 0 Å². The molecule has 0 fully saturated rings. The van der Waals surface area contributed by atoms with Crippen molar-refractivity contribution in [3.8, 4) is 0 Å². The van der Waals surface area contributed by atoms with E-state index in [1.807, 2.05) is 18.2 Å². The molecule has 0 aromatic heterocycles. The summed E-state index contributed by atoms with van der Waals surface area (Å²) < 4.78 is 0. The van der Waals surface area contributed by atoms with E-state index in [9.17, 15) is 0 Å². The minimum absolute atomic E-state index is 0.133. The molecule has 0 atom stereocenters. The number of nitrogens with two attached hydrogens (primary N) is 1. The van der Waals surface area contributed by atoms with E-state index in [4.69, 9.17) is 11.1 Å².